The first-order valence-electron chi connectivity index (χ1n) is 6.01. The predicted molar refractivity (Wildman–Crippen MR) is 66.9 cm³/mol. The van der Waals surface area contributed by atoms with E-state index >= 15 is 0 Å². The summed E-state index contributed by atoms with van der Waals surface area (Å²) in [5, 5.41) is 8.84. The third-order valence-electron chi connectivity index (χ3n) is 3.78. The summed E-state index contributed by atoms with van der Waals surface area (Å²) in [6.07, 6.45) is 4.64. The molecule has 1 N–H and O–H groups in total. The van der Waals surface area contributed by atoms with Crippen LogP contribution in [0.4, 0.5) is 0 Å². The smallest absolute Gasteiger partial charge is 0.0847 e. The summed E-state index contributed by atoms with van der Waals surface area (Å²) in [4.78, 5) is 0. The molecule has 1 aromatic rings. The molecule has 0 aromatic carbocycles. The van der Waals surface area contributed by atoms with Gasteiger partial charge in [-0.1, -0.05) is 18.5 Å². The number of aromatic nitrogens is 2. The van der Waals surface area contributed by atoms with Crippen LogP contribution in [0.25, 0.3) is 0 Å². The second kappa shape index (κ2) is 4.38. The van der Waals surface area contributed by atoms with Gasteiger partial charge >= 0.3 is 0 Å². The lowest BCUT2D eigenvalue weighted by Crippen LogP contribution is -2.41. The first-order valence-corrected chi connectivity index (χ1v) is 6.39. The number of halogens is 1. The van der Waals surface area contributed by atoms with Gasteiger partial charge in [0.15, 0.2) is 0 Å². The Morgan fingerprint density at radius 3 is 2.75 bits per heavy atom. The zero-order chi connectivity index (χ0) is 11.8. The Bertz CT molecular complexity index is 378. The normalized spacial score (nSPS) is 25.2. The molecule has 2 heterocycles. The van der Waals surface area contributed by atoms with Gasteiger partial charge in [0.05, 0.1) is 16.4 Å². The molecule has 1 aromatic heterocycles. The van der Waals surface area contributed by atoms with Gasteiger partial charge < -0.3 is 5.32 Å². The lowest BCUT2D eigenvalue weighted by molar-refractivity contribution is 0.351. The number of rotatable bonds is 3. The fourth-order valence-electron chi connectivity index (χ4n) is 2.64. The lowest BCUT2D eigenvalue weighted by Gasteiger charge is -2.28. The molecule has 2 rings (SSSR count). The van der Waals surface area contributed by atoms with E-state index in [0.29, 0.717) is 0 Å². The minimum atomic E-state index is 0.240. The molecular weight excluding hydrogens is 222 g/mol. The van der Waals surface area contributed by atoms with Crippen molar-refractivity contribution in [1.82, 2.24) is 15.1 Å². The highest BCUT2D eigenvalue weighted by Gasteiger charge is 2.33. The Morgan fingerprint density at radius 2 is 2.31 bits per heavy atom. The lowest BCUT2D eigenvalue weighted by atomic mass is 9.89. The highest BCUT2D eigenvalue weighted by Crippen LogP contribution is 2.30. The quantitative estimate of drug-likeness (QED) is 0.881. The molecule has 1 saturated heterocycles. The maximum Gasteiger partial charge on any atom is 0.0847 e. The molecular formula is C12H20ClN3. The molecule has 1 fully saturated rings. The third kappa shape index (κ3) is 1.98. The van der Waals surface area contributed by atoms with E-state index in [2.05, 4.69) is 17.3 Å². The summed E-state index contributed by atoms with van der Waals surface area (Å²) < 4.78 is 1.93. The molecule has 0 amide bonds. The summed E-state index contributed by atoms with van der Waals surface area (Å²) in [6.45, 7) is 5.34. The van der Waals surface area contributed by atoms with Gasteiger partial charge in [0.25, 0.3) is 0 Å². The molecule has 1 unspecified atom stereocenters. The van der Waals surface area contributed by atoms with Gasteiger partial charge in [0.1, 0.15) is 0 Å². The monoisotopic (exact) mass is 241 g/mol. The average molecular weight is 242 g/mol. The van der Waals surface area contributed by atoms with E-state index in [4.69, 9.17) is 11.6 Å². The van der Waals surface area contributed by atoms with E-state index in [0.717, 1.165) is 35.8 Å². The molecule has 3 nitrogen and oxygen atoms in total. The molecule has 0 spiro atoms. The van der Waals surface area contributed by atoms with E-state index in [9.17, 15) is 0 Å². The van der Waals surface area contributed by atoms with Crippen molar-refractivity contribution in [2.45, 2.75) is 45.1 Å². The van der Waals surface area contributed by atoms with Crippen molar-refractivity contribution in [3.05, 3.63) is 16.4 Å². The maximum atomic E-state index is 6.30. The molecule has 1 aliphatic rings. The van der Waals surface area contributed by atoms with Crippen LogP contribution in [0, 0.1) is 6.92 Å². The molecule has 0 saturated carbocycles. The van der Waals surface area contributed by atoms with E-state index < -0.39 is 0 Å². The van der Waals surface area contributed by atoms with Crippen molar-refractivity contribution in [2.75, 3.05) is 6.54 Å². The molecule has 4 heteroatoms. The first kappa shape index (κ1) is 11.9. The van der Waals surface area contributed by atoms with Crippen molar-refractivity contribution in [2.24, 2.45) is 7.05 Å². The summed E-state index contributed by atoms with van der Waals surface area (Å²) in [5.41, 5.74) is 2.34. The standard InChI is InChI=1S/C12H20ClN3/c1-4-12(6-5-7-14-12)8-10-11(13)9(2)15-16(10)3/h14H,4-8H2,1-3H3. The fraction of sp³-hybridized carbons (Fsp3) is 0.750. The summed E-state index contributed by atoms with van der Waals surface area (Å²) in [7, 11) is 1.98. The van der Waals surface area contributed by atoms with E-state index in [1.165, 1.54) is 12.8 Å². The van der Waals surface area contributed by atoms with Gasteiger partial charge in [0, 0.05) is 19.0 Å². The minimum Gasteiger partial charge on any atom is -0.311 e. The van der Waals surface area contributed by atoms with Crippen molar-refractivity contribution >= 4 is 11.6 Å². The van der Waals surface area contributed by atoms with Gasteiger partial charge in [-0.15, -0.1) is 0 Å². The van der Waals surface area contributed by atoms with Crippen LogP contribution < -0.4 is 5.32 Å². The van der Waals surface area contributed by atoms with E-state index in [-0.39, 0.29) is 5.54 Å². The Morgan fingerprint density at radius 1 is 1.56 bits per heavy atom. The van der Waals surface area contributed by atoms with Gasteiger partial charge in [0.2, 0.25) is 0 Å². The second-order valence-electron chi connectivity index (χ2n) is 4.81. The second-order valence-corrected chi connectivity index (χ2v) is 5.19. The highest BCUT2D eigenvalue weighted by atomic mass is 35.5. The van der Waals surface area contributed by atoms with Crippen molar-refractivity contribution in [3.63, 3.8) is 0 Å². The van der Waals surface area contributed by atoms with Crippen LogP contribution in [0.3, 0.4) is 0 Å². The molecule has 0 radical (unpaired) electrons. The summed E-state index contributed by atoms with van der Waals surface area (Å²) in [6, 6.07) is 0. The predicted octanol–water partition coefficient (Wildman–Crippen LogP) is 2.46. The average Bonchev–Trinajstić information content (AvgIpc) is 2.81. The van der Waals surface area contributed by atoms with Crippen LogP contribution in [0.2, 0.25) is 5.02 Å². The molecule has 1 atom stereocenters. The van der Waals surface area contributed by atoms with Gasteiger partial charge in [-0.05, 0) is 32.7 Å². The zero-order valence-corrected chi connectivity index (χ0v) is 11.1. The Balaban J connectivity index is 2.25. The molecule has 16 heavy (non-hydrogen) atoms. The van der Waals surface area contributed by atoms with Gasteiger partial charge in [-0.2, -0.15) is 5.10 Å². The van der Waals surface area contributed by atoms with Crippen LogP contribution in [0.1, 0.15) is 37.6 Å². The number of aryl methyl sites for hydroxylation is 2. The minimum absolute atomic E-state index is 0.240. The van der Waals surface area contributed by atoms with Crippen molar-refractivity contribution in [3.8, 4) is 0 Å². The van der Waals surface area contributed by atoms with E-state index in [1.807, 2.05) is 18.7 Å². The Labute approximate surface area is 102 Å². The topological polar surface area (TPSA) is 29.9 Å². The molecule has 1 aliphatic heterocycles. The van der Waals surface area contributed by atoms with Crippen molar-refractivity contribution in [1.29, 1.82) is 0 Å². The van der Waals surface area contributed by atoms with Gasteiger partial charge in [-0.3, -0.25) is 4.68 Å². The first-order chi connectivity index (χ1) is 7.58. The Kier molecular flexibility index (Phi) is 3.27. The van der Waals surface area contributed by atoms with Crippen LogP contribution >= 0.6 is 11.6 Å². The molecule has 0 aliphatic carbocycles. The summed E-state index contributed by atoms with van der Waals surface area (Å²) >= 11 is 6.30. The highest BCUT2D eigenvalue weighted by molar-refractivity contribution is 6.31. The third-order valence-corrected chi connectivity index (χ3v) is 4.27. The van der Waals surface area contributed by atoms with Crippen LogP contribution in [0.5, 0.6) is 0 Å². The Hall–Kier alpha value is -0.540. The number of hydrogen-bond acceptors (Lipinski definition) is 2. The van der Waals surface area contributed by atoms with Crippen molar-refractivity contribution < 1.29 is 0 Å². The summed E-state index contributed by atoms with van der Waals surface area (Å²) in [5.74, 6) is 0. The SMILES string of the molecule is CCC1(Cc2c(Cl)c(C)nn2C)CCCN1. The fourth-order valence-corrected chi connectivity index (χ4v) is 2.87. The largest absolute Gasteiger partial charge is 0.311 e. The van der Waals surface area contributed by atoms with Crippen LogP contribution in [0.15, 0.2) is 0 Å². The number of nitrogens with one attached hydrogen (secondary N) is 1. The van der Waals surface area contributed by atoms with Gasteiger partial charge in [-0.25, -0.2) is 0 Å². The van der Waals surface area contributed by atoms with E-state index in [1.54, 1.807) is 0 Å². The number of hydrogen-bond donors (Lipinski definition) is 1. The van der Waals surface area contributed by atoms with Crippen LogP contribution in [-0.4, -0.2) is 21.9 Å². The number of nitrogens with zero attached hydrogens (tertiary/aromatic N) is 2. The zero-order valence-electron chi connectivity index (χ0n) is 10.3. The molecule has 90 valence electrons. The maximum absolute atomic E-state index is 6.30. The van der Waals surface area contributed by atoms with Crippen LogP contribution in [-0.2, 0) is 13.5 Å². The molecule has 0 bridgehead atoms.